The molecule has 0 fully saturated rings. The normalized spacial score (nSPS) is 16.5. The highest BCUT2D eigenvalue weighted by Crippen LogP contribution is 2.48. The van der Waals surface area contributed by atoms with Crippen LogP contribution in [-0.4, -0.2) is 9.67 Å². The molecular weight excluding hydrogens is 240 g/mol. The molecule has 1 aliphatic heterocycles. The van der Waals surface area contributed by atoms with E-state index < -0.39 is 0 Å². The van der Waals surface area contributed by atoms with Crippen LogP contribution in [0.3, 0.4) is 0 Å². The molecule has 1 N–H and O–H groups in total. The number of hydrogen-bond acceptors (Lipinski definition) is 3. The molecule has 0 unspecified atom stereocenters. The average Bonchev–Trinajstić information content (AvgIpc) is 2.61. The van der Waals surface area contributed by atoms with Crippen LogP contribution in [0.2, 0.25) is 0 Å². The molecule has 1 aromatic carbocycles. The number of aromatic hydroxyl groups is 1. The van der Waals surface area contributed by atoms with E-state index in [0.717, 1.165) is 27.6 Å². The minimum absolute atomic E-state index is 0.0469. The van der Waals surface area contributed by atoms with E-state index >= 15 is 0 Å². The van der Waals surface area contributed by atoms with E-state index in [1.807, 2.05) is 39.8 Å². The first-order valence-corrected chi connectivity index (χ1v) is 6.29. The van der Waals surface area contributed by atoms with Gasteiger partial charge < -0.3 is 9.67 Å². The Bertz CT molecular complexity index is 751. The molecule has 0 saturated carbocycles. The summed E-state index contributed by atoms with van der Waals surface area (Å²) >= 11 is 0. The van der Waals surface area contributed by atoms with Crippen molar-refractivity contribution in [2.75, 3.05) is 0 Å². The van der Waals surface area contributed by atoms with Crippen molar-refractivity contribution in [1.29, 1.82) is 0 Å². The van der Waals surface area contributed by atoms with E-state index in [2.05, 4.69) is 11.3 Å². The average molecular weight is 256 g/mol. The number of nitroso groups, excluding NO2 is 1. The van der Waals surface area contributed by atoms with Crippen molar-refractivity contribution in [1.82, 2.24) is 4.57 Å². The lowest BCUT2D eigenvalue weighted by Gasteiger charge is -2.31. The van der Waals surface area contributed by atoms with E-state index in [9.17, 15) is 10.0 Å². The molecule has 2 heterocycles. The molecule has 0 aliphatic carbocycles. The van der Waals surface area contributed by atoms with E-state index in [0.29, 0.717) is 0 Å². The Kier molecular flexibility index (Phi) is 2.18. The first-order chi connectivity index (χ1) is 8.88. The number of hydrogen-bond donors (Lipinski definition) is 1. The summed E-state index contributed by atoms with van der Waals surface area (Å²) in [6, 6.07) is 4.00. The van der Waals surface area contributed by atoms with E-state index in [1.165, 1.54) is 0 Å². The SMILES string of the molecule is CC1=CC(C)(C)n2c(O)c(N=O)c3c(C)ccc1c32. The van der Waals surface area contributed by atoms with Gasteiger partial charge in [0.05, 0.1) is 11.1 Å². The van der Waals surface area contributed by atoms with E-state index in [4.69, 9.17) is 0 Å². The third-order valence-corrected chi connectivity index (χ3v) is 3.93. The predicted molar refractivity (Wildman–Crippen MR) is 76.8 cm³/mol. The third-order valence-electron chi connectivity index (χ3n) is 3.93. The summed E-state index contributed by atoms with van der Waals surface area (Å²) in [6.45, 7) is 8.00. The minimum atomic E-state index is -0.379. The van der Waals surface area contributed by atoms with Crippen molar-refractivity contribution in [3.8, 4) is 5.88 Å². The minimum Gasteiger partial charge on any atom is -0.493 e. The standard InChI is InChI=1S/C15H16N2O2/c1-8-5-6-10-9(2)7-15(3,4)17-13(10)11(8)12(16-19)14(17)18/h5-7,18H,1-4H3. The molecule has 4 heteroatoms. The zero-order chi connectivity index (χ0) is 13.9. The van der Waals surface area contributed by atoms with Crippen molar-refractivity contribution in [2.24, 2.45) is 5.18 Å². The van der Waals surface area contributed by atoms with E-state index in [1.54, 1.807) is 4.57 Å². The predicted octanol–water partition coefficient (Wildman–Crippen LogP) is 4.21. The molecule has 0 saturated heterocycles. The molecule has 0 spiro atoms. The van der Waals surface area contributed by atoms with Gasteiger partial charge in [-0.3, -0.25) is 0 Å². The van der Waals surface area contributed by atoms with Gasteiger partial charge in [-0.05, 0) is 44.0 Å². The van der Waals surface area contributed by atoms with Crippen LogP contribution in [0.15, 0.2) is 23.4 Å². The summed E-state index contributed by atoms with van der Waals surface area (Å²) < 4.78 is 1.80. The zero-order valence-corrected chi connectivity index (χ0v) is 11.5. The van der Waals surface area contributed by atoms with Gasteiger partial charge in [0.2, 0.25) is 5.88 Å². The molecule has 4 nitrogen and oxygen atoms in total. The van der Waals surface area contributed by atoms with Crippen LogP contribution in [0.5, 0.6) is 5.88 Å². The molecule has 2 aromatic rings. The second-order valence-electron chi connectivity index (χ2n) is 5.73. The second kappa shape index (κ2) is 3.47. The molecule has 1 aliphatic rings. The van der Waals surface area contributed by atoms with Gasteiger partial charge in [-0.2, -0.15) is 0 Å². The first-order valence-electron chi connectivity index (χ1n) is 6.29. The highest BCUT2D eigenvalue weighted by Gasteiger charge is 2.33. The Morgan fingerprint density at radius 3 is 2.58 bits per heavy atom. The molecule has 3 rings (SSSR count). The number of rotatable bonds is 1. The van der Waals surface area contributed by atoms with Crippen LogP contribution >= 0.6 is 0 Å². The maximum Gasteiger partial charge on any atom is 0.223 e. The van der Waals surface area contributed by atoms with Gasteiger partial charge in [0.15, 0.2) is 5.69 Å². The van der Waals surface area contributed by atoms with Crippen LogP contribution in [-0.2, 0) is 5.54 Å². The highest BCUT2D eigenvalue weighted by atomic mass is 16.3. The highest BCUT2D eigenvalue weighted by molar-refractivity contribution is 6.04. The third kappa shape index (κ3) is 1.34. The van der Waals surface area contributed by atoms with Gasteiger partial charge in [0.25, 0.3) is 0 Å². The Balaban J connectivity index is 2.63. The summed E-state index contributed by atoms with van der Waals surface area (Å²) in [7, 11) is 0. The number of allylic oxidation sites excluding steroid dienone is 2. The Morgan fingerprint density at radius 1 is 1.26 bits per heavy atom. The van der Waals surface area contributed by atoms with Crippen LogP contribution in [0.25, 0.3) is 16.5 Å². The van der Waals surface area contributed by atoms with Crippen molar-refractivity contribution in [3.05, 3.63) is 34.2 Å². The van der Waals surface area contributed by atoms with Crippen molar-refractivity contribution in [2.45, 2.75) is 33.2 Å². The van der Waals surface area contributed by atoms with Crippen molar-refractivity contribution < 1.29 is 5.11 Å². The lowest BCUT2D eigenvalue weighted by Crippen LogP contribution is -2.26. The number of aryl methyl sites for hydroxylation is 1. The molecule has 0 amide bonds. The summed E-state index contributed by atoms with van der Waals surface area (Å²) in [5, 5.41) is 14.2. The lowest BCUT2D eigenvalue weighted by atomic mass is 9.91. The topological polar surface area (TPSA) is 54.6 Å². The number of benzene rings is 1. The fourth-order valence-electron chi connectivity index (χ4n) is 3.18. The monoisotopic (exact) mass is 256 g/mol. The Labute approximate surface area is 111 Å². The molecule has 0 atom stereocenters. The summed E-state index contributed by atoms with van der Waals surface area (Å²) in [5.41, 5.74) is 3.81. The smallest absolute Gasteiger partial charge is 0.223 e. The van der Waals surface area contributed by atoms with Crippen LogP contribution < -0.4 is 0 Å². The quantitative estimate of drug-likeness (QED) is 0.777. The summed E-state index contributed by atoms with van der Waals surface area (Å²) in [6.07, 6.45) is 2.10. The fourth-order valence-corrected chi connectivity index (χ4v) is 3.18. The van der Waals surface area contributed by atoms with Gasteiger partial charge in [-0.15, -0.1) is 4.91 Å². The second-order valence-corrected chi connectivity index (χ2v) is 5.73. The van der Waals surface area contributed by atoms with Crippen LogP contribution in [0, 0.1) is 11.8 Å². The molecule has 0 radical (unpaired) electrons. The molecule has 1 aromatic heterocycles. The molecule has 98 valence electrons. The maximum atomic E-state index is 11.1. The van der Waals surface area contributed by atoms with Gasteiger partial charge in [0.1, 0.15) is 0 Å². The van der Waals surface area contributed by atoms with Crippen LogP contribution in [0.4, 0.5) is 5.69 Å². The lowest BCUT2D eigenvalue weighted by molar-refractivity contribution is 0.363. The van der Waals surface area contributed by atoms with Crippen molar-refractivity contribution in [3.63, 3.8) is 0 Å². The summed E-state index contributed by atoms with van der Waals surface area (Å²) in [5.74, 6) is -0.0469. The molecule has 19 heavy (non-hydrogen) atoms. The van der Waals surface area contributed by atoms with Crippen LogP contribution in [0.1, 0.15) is 31.9 Å². The fraction of sp³-hybridized carbons (Fsp3) is 0.333. The maximum absolute atomic E-state index is 11.1. The van der Waals surface area contributed by atoms with Gasteiger partial charge >= 0.3 is 0 Å². The molecule has 0 bridgehead atoms. The van der Waals surface area contributed by atoms with Gasteiger partial charge in [-0.1, -0.05) is 18.2 Å². The van der Waals surface area contributed by atoms with Crippen molar-refractivity contribution >= 4 is 22.2 Å². The number of nitrogens with zero attached hydrogens (tertiary/aromatic N) is 2. The van der Waals surface area contributed by atoms with E-state index in [-0.39, 0.29) is 17.1 Å². The molecular formula is C15H16N2O2. The first kappa shape index (κ1) is 12.0. The largest absolute Gasteiger partial charge is 0.493 e. The Morgan fingerprint density at radius 2 is 1.95 bits per heavy atom. The van der Waals surface area contributed by atoms with Gasteiger partial charge in [-0.25, -0.2) is 0 Å². The number of aromatic nitrogens is 1. The summed E-state index contributed by atoms with van der Waals surface area (Å²) in [4.78, 5) is 11.1. The Hall–Kier alpha value is -2.10. The van der Waals surface area contributed by atoms with Gasteiger partial charge in [0, 0.05) is 10.9 Å². The zero-order valence-electron chi connectivity index (χ0n) is 11.5.